The van der Waals surface area contributed by atoms with Crippen LogP contribution in [0.15, 0.2) is 98.9 Å². The fourth-order valence-corrected chi connectivity index (χ4v) is 5.32. The van der Waals surface area contributed by atoms with E-state index in [9.17, 15) is 27.8 Å². The molecule has 12 nitrogen and oxygen atoms in total. The predicted molar refractivity (Wildman–Crippen MR) is 161 cm³/mol. The van der Waals surface area contributed by atoms with E-state index in [1.807, 2.05) is 0 Å². The molecule has 0 aliphatic carbocycles. The quantitative estimate of drug-likeness (QED) is 0.205. The molecule has 6 rings (SSSR count). The highest BCUT2D eigenvalue weighted by molar-refractivity contribution is 5.31. The normalized spacial score (nSPS) is 15.0. The van der Waals surface area contributed by atoms with Gasteiger partial charge in [0.15, 0.2) is 0 Å². The van der Waals surface area contributed by atoms with E-state index in [1.54, 1.807) is 26.0 Å². The van der Waals surface area contributed by atoms with Crippen LogP contribution in [-0.4, -0.2) is 59.7 Å². The SMILES string of the molecule is C[C@@H](c1ccncn1)[C@](O)(Cn1cncn1)c1ccc(F)cc1F.C[C@H](c1ccncn1)[C@@](O)(Cn1cncn1)c1ccc(F)cc1F. The van der Waals surface area contributed by atoms with Crippen molar-refractivity contribution in [2.75, 3.05) is 0 Å². The highest BCUT2D eigenvalue weighted by atomic mass is 19.1. The molecule has 2 aromatic carbocycles. The zero-order valence-electron chi connectivity index (χ0n) is 25.7. The van der Waals surface area contributed by atoms with Crippen LogP contribution >= 0.6 is 0 Å². The summed E-state index contributed by atoms with van der Waals surface area (Å²) in [7, 11) is 0. The number of aliphatic hydroxyl groups is 2. The van der Waals surface area contributed by atoms with Gasteiger partial charge in [-0.25, -0.2) is 56.8 Å². The first kappa shape index (κ1) is 33.9. The molecule has 0 spiro atoms. The van der Waals surface area contributed by atoms with Gasteiger partial charge in [0.2, 0.25) is 0 Å². The van der Waals surface area contributed by atoms with Crippen LogP contribution in [0.25, 0.3) is 0 Å². The fraction of sp³-hybridized carbons (Fsp3) is 0.250. The number of benzene rings is 2. The molecule has 0 saturated heterocycles. The number of hydrogen-bond donors (Lipinski definition) is 2. The van der Waals surface area contributed by atoms with Crippen LogP contribution < -0.4 is 0 Å². The van der Waals surface area contributed by atoms with E-state index in [0.29, 0.717) is 11.4 Å². The third-order valence-electron chi connectivity index (χ3n) is 8.06. The van der Waals surface area contributed by atoms with Gasteiger partial charge in [0, 0.05) is 58.9 Å². The lowest BCUT2D eigenvalue weighted by atomic mass is 9.80. The highest BCUT2D eigenvalue weighted by Crippen LogP contribution is 2.40. The van der Waals surface area contributed by atoms with E-state index >= 15 is 0 Å². The highest BCUT2D eigenvalue weighted by Gasteiger charge is 2.41. The van der Waals surface area contributed by atoms with E-state index in [1.165, 1.54) is 71.9 Å². The second-order valence-corrected chi connectivity index (χ2v) is 11.0. The molecular formula is C32H30F4N10O2. The van der Waals surface area contributed by atoms with Crippen LogP contribution in [-0.2, 0) is 24.3 Å². The molecule has 2 N–H and O–H groups in total. The Morgan fingerprint density at radius 2 is 1.02 bits per heavy atom. The van der Waals surface area contributed by atoms with Gasteiger partial charge in [0.1, 0.15) is 72.4 Å². The first-order valence-electron chi connectivity index (χ1n) is 14.5. The number of nitrogens with zero attached hydrogens (tertiary/aromatic N) is 10. The van der Waals surface area contributed by atoms with Gasteiger partial charge in [0.05, 0.1) is 13.1 Å². The minimum atomic E-state index is -1.71. The van der Waals surface area contributed by atoms with Gasteiger partial charge in [0.25, 0.3) is 0 Å². The van der Waals surface area contributed by atoms with Crippen molar-refractivity contribution in [2.24, 2.45) is 0 Å². The summed E-state index contributed by atoms with van der Waals surface area (Å²) in [5.41, 5.74) is -2.44. The Morgan fingerprint density at radius 3 is 1.33 bits per heavy atom. The molecule has 0 unspecified atom stereocenters. The molecule has 6 aromatic rings. The Kier molecular flexibility index (Phi) is 10.2. The summed E-state index contributed by atoms with van der Waals surface area (Å²) in [6, 6.07) is 9.45. The molecule has 0 fully saturated rings. The summed E-state index contributed by atoms with van der Waals surface area (Å²) >= 11 is 0. The zero-order valence-corrected chi connectivity index (χ0v) is 25.7. The Morgan fingerprint density at radius 1 is 0.604 bits per heavy atom. The van der Waals surface area contributed by atoms with Gasteiger partial charge in [-0.2, -0.15) is 10.2 Å². The molecule has 0 amide bonds. The lowest BCUT2D eigenvalue weighted by Gasteiger charge is -2.34. The largest absolute Gasteiger partial charge is 0.382 e. The van der Waals surface area contributed by atoms with Crippen LogP contribution in [0.2, 0.25) is 0 Å². The van der Waals surface area contributed by atoms with Crippen molar-refractivity contribution in [1.82, 2.24) is 49.5 Å². The molecule has 0 bridgehead atoms. The predicted octanol–water partition coefficient (Wildman–Crippen LogP) is 4.08. The minimum Gasteiger partial charge on any atom is -0.382 e. The number of hydrogen-bond acceptors (Lipinski definition) is 10. The monoisotopic (exact) mass is 662 g/mol. The van der Waals surface area contributed by atoms with Crippen molar-refractivity contribution in [2.45, 2.75) is 50.0 Å². The summed E-state index contributed by atoms with van der Waals surface area (Å²) < 4.78 is 58.1. The average molecular weight is 663 g/mol. The van der Waals surface area contributed by atoms with Crippen LogP contribution in [0, 0.1) is 23.3 Å². The third kappa shape index (κ3) is 7.39. The van der Waals surface area contributed by atoms with Crippen molar-refractivity contribution in [3.8, 4) is 0 Å². The molecule has 4 heterocycles. The molecule has 0 aliphatic heterocycles. The van der Waals surface area contributed by atoms with E-state index in [2.05, 4.69) is 40.1 Å². The Hall–Kier alpha value is -5.48. The maximum atomic E-state index is 14.4. The smallest absolute Gasteiger partial charge is 0.137 e. The first-order valence-corrected chi connectivity index (χ1v) is 14.5. The maximum absolute atomic E-state index is 14.4. The van der Waals surface area contributed by atoms with Crippen LogP contribution in [0.4, 0.5) is 17.6 Å². The topological polar surface area (TPSA) is 153 Å². The summed E-state index contributed by atoms with van der Waals surface area (Å²) in [6.45, 7) is 3.28. The van der Waals surface area contributed by atoms with Crippen LogP contribution in [0.1, 0.15) is 48.2 Å². The van der Waals surface area contributed by atoms with E-state index in [4.69, 9.17) is 0 Å². The molecule has 48 heavy (non-hydrogen) atoms. The van der Waals surface area contributed by atoms with E-state index in [0.717, 1.165) is 24.3 Å². The van der Waals surface area contributed by atoms with Gasteiger partial charge >= 0.3 is 0 Å². The van der Waals surface area contributed by atoms with E-state index < -0.39 is 46.3 Å². The summed E-state index contributed by atoms with van der Waals surface area (Å²) in [5.74, 6) is -4.31. The number of aromatic nitrogens is 10. The molecule has 4 aromatic heterocycles. The Bertz CT molecular complexity index is 1760. The Balaban J connectivity index is 0.000000188. The number of rotatable bonds is 10. The Labute approximate surface area is 271 Å². The third-order valence-corrected chi connectivity index (χ3v) is 8.06. The number of halogens is 4. The molecular weight excluding hydrogens is 632 g/mol. The average Bonchev–Trinajstić information content (AvgIpc) is 3.79. The van der Waals surface area contributed by atoms with Crippen molar-refractivity contribution in [1.29, 1.82) is 0 Å². The summed E-state index contributed by atoms with van der Waals surface area (Å²) in [5, 5.41) is 30.6. The molecule has 0 aliphatic rings. The molecule has 248 valence electrons. The standard InChI is InChI=1S/2C16H15F2N5O/c2*1-11(15-4-5-19-8-21-15)16(24,7-23-10-20-9-22-23)13-3-2-12(17)6-14(13)18/h2*2-6,8-11,24H,7H2,1H3/t2*11-,16+/m10/s1. The maximum Gasteiger partial charge on any atom is 0.137 e. The first-order chi connectivity index (χ1) is 23.0. The summed E-state index contributed by atoms with van der Waals surface area (Å²) in [4.78, 5) is 23.6. The van der Waals surface area contributed by atoms with Gasteiger partial charge in [-0.15, -0.1) is 0 Å². The van der Waals surface area contributed by atoms with Crippen molar-refractivity contribution < 1.29 is 27.8 Å². The second-order valence-electron chi connectivity index (χ2n) is 11.0. The fourth-order valence-electron chi connectivity index (χ4n) is 5.32. The lowest BCUT2D eigenvalue weighted by Crippen LogP contribution is -2.38. The van der Waals surface area contributed by atoms with Crippen LogP contribution in [0.3, 0.4) is 0 Å². The lowest BCUT2D eigenvalue weighted by molar-refractivity contribution is -0.0127. The van der Waals surface area contributed by atoms with Gasteiger partial charge in [-0.3, -0.25) is 0 Å². The van der Waals surface area contributed by atoms with Crippen LogP contribution in [0.5, 0.6) is 0 Å². The van der Waals surface area contributed by atoms with Crippen molar-refractivity contribution >= 4 is 0 Å². The minimum absolute atomic E-state index is 0.0366. The van der Waals surface area contributed by atoms with Gasteiger partial charge in [-0.05, 0) is 24.3 Å². The second kappa shape index (κ2) is 14.5. The van der Waals surface area contributed by atoms with Gasteiger partial charge in [-0.1, -0.05) is 26.0 Å². The molecule has 16 heteroatoms. The molecule has 0 saturated carbocycles. The van der Waals surface area contributed by atoms with E-state index in [-0.39, 0.29) is 24.2 Å². The van der Waals surface area contributed by atoms with Crippen molar-refractivity contribution in [3.05, 3.63) is 145 Å². The summed E-state index contributed by atoms with van der Waals surface area (Å²) in [6.07, 6.45) is 11.2. The van der Waals surface area contributed by atoms with Crippen molar-refractivity contribution in [3.63, 3.8) is 0 Å². The molecule has 0 radical (unpaired) electrons. The zero-order chi connectivity index (χ0) is 34.3. The van der Waals surface area contributed by atoms with Gasteiger partial charge < -0.3 is 10.2 Å². The molecule has 4 atom stereocenters.